The molecule has 0 unspecified atom stereocenters. The van der Waals surface area contributed by atoms with Crippen molar-refractivity contribution in [3.8, 4) is 11.1 Å². The fraction of sp³-hybridized carbons (Fsp3) is 0.111. The van der Waals surface area contributed by atoms with Crippen LogP contribution in [-0.2, 0) is 5.41 Å². The Morgan fingerprint density at radius 1 is 0.552 bits per heavy atom. The second-order valence-corrected chi connectivity index (χ2v) is 8.10. The van der Waals surface area contributed by atoms with Crippen molar-refractivity contribution in [3.05, 3.63) is 118 Å². The Bertz CT molecular complexity index is 1150. The summed E-state index contributed by atoms with van der Waals surface area (Å²) in [6, 6.07) is 30.1. The first-order chi connectivity index (χ1) is 14.0. The van der Waals surface area contributed by atoms with E-state index >= 15 is 0 Å². The first-order valence-electron chi connectivity index (χ1n) is 9.95. The van der Waals surface area contributed by atoms with E-state index < -0.39 is 5.41 Å². The Balaban J connectivity index is 2.01. The highest BCUT2D eigenvalue weighted by atomic mass is 14.6. The van der Waals surface area contributed by atoms with Crippen molar-refractivity contribution in [3.63, 3.8) is 0 Å². The normalized spacial score (nSPS) is 13.7. The summed E-state index contributed by atoms with van der Waals surface area (Å²) < 4.78 is 0. The van der Waals surface area contributed by atoms with Crippen LogP contribution in [0.1, 0.15) is 33.4 Å². The van der Waals surface area contributed by atoms with Gasteiger partial charge < -0.3 is 11.5 Å². The van der Waals surface area contributed by atoms with Gasteiger partial charge in [-0.1, -0.05) is 71.8 Å². The monoisotopic (exact) mass is 376 g/mol. The topological polar surface area (TPSA) is 52.0 Å². The van der Waals surface area contributed by atoms with E-state index in [9.17, 15) is 0 Å². The van der Waals surface area contributed by atoms with E-state index in [1.165, 1.54) is 44.5 Å². The van der Waals surface area contributed by atoms with Gasteiger partial charge in [0, 0.05) is 11.4 Å². The molecule has 0 fully saturated rings. The van der Waals surface area contributed by atoms with Crippen LogP contribution in [0.25, 0.3) is 11.1 Å². The minimum atomic E-state index is -0.451. The quantitative estimate of drug-likeness (QED) is 0.381. The van der Waals surface area contributed by atoms with Gasteiger partial charge in [0.05, 0.1) is 5.41 Å². The molecule has 0 atom stereocenters. The van der Waals surface area contributed by atoms with Crippen molar-refractivity contribution < 1.29 is 0 Å². The lowest BCUT2D eigenvalue weighted by molar-refractivity contribution is 0.767. The second-order valence-electron chi connectivity index (χ2n) is 8.10. The summed E-state index contributed by atoms with van der Waals surface area (Å²) in [6.07, 6.45) is 0. The molecule has 0 saturated heterocycles. The van der Waals surface area contributed by atoms with Gasteiger partial charge in [-0.2, -0.15) is 0 Å². The summed E-state index contributed by atoms with van der Waals surface area (Å²) >= 11 is 0. The number of nitrogen functional groups attached to an aromatic ring is 2. The fourth-order valence-electron chi connectivity index (χ4n) is 4.88. The minimum absolute atomic E-state index is 0.451. The molecule has 1 aliphatic rings. The van der Waals surface area contributed by atoms with E-state index in [-0.39, 0.29) is 0 Å². The predicted octanol–water partition coefficient (Wildman–Crippen LogP) is 5.83. The van der Waals surface area contributed by atoms with Crippen LogP contribution >= 0.6 is 0 Å². The number of fused-ring (bicyclic) bond motifs is 3. The van der Waals surface area contributed by atoms with Crippen molar-refractivity contribution in [2.24, 2.45) is 0 Å². The summed E-state index contributed by atoms with van der Waals surface area (Å²) in [4.78, 5) is 0. The molecule has 29 heavy (non-hydrogen) atoms. The van der Waals surface area contributed by atoms with Gasteiger partial charge >= 0.3 is 0 Å². The third-order valence-electron chi connectivity index (χ3n) is 6.09. The van der Waals surface area contributed by atoms with Gasteiger partial charge in [0.25, 0.3) is 0 Å². The molecule has 2 nitrogen and oxygen atoms in total. The largest absolute Gasteiger partial charge is 0.399 e. The Kier molecular flexibility index (Phi) is 3.78. The smallest absolute Gasteiger partial charge is 0.0715 e. The number of hydrogen-bond acceptors (Lipinski definition) is 2. The number of benzene rings is 4. The van der Waals surface area contributed by atoms with Crippen LogP contribution in [0.4, 0.5) is 11.4 Å². The van der Waals surface area contributed by atoms with E-state index in [4.69, 9.17) is 11.5 Å². The van der Waals surface area contributed by atoms with Gasteiger partial charge in [-0.15, -0.1) is 0 Å². The van der Waals surface area contributed by atoms with E-state index in [1.807, 2.05) is 24.3 Å². The molecule has 1 aliphatic carbocycles. The molecular formula is C27H24N2. The average Bonchev–Trinajstić information content (AvgIpc) is 2.97. The van der Waals surface area contributed by atoms with Gasteiger partial charge in [0.2, 0.25) is 0 Å². The molecule has 0 aliphatic heterocycles. The highest BCUT2D eigenvalue weighted by molar-refractivity contribution is 5.87. The van der Waals surface area contributed by atoms with Crippen molar-refractivity contribution in [2.75, 3.05) is 11.5 Å². The fourth-order valence-corrected chi connectivity index (χ4v) is 4.88. The lowest BCUT2D eigenvalue weighted by Gasteiger charge is -2.34. The van der Waals surface area contributed by atoms with Gasteiger partial charge in [-0.05, 0) is 71.5 Å². The first kappa shape index (κ1) is 17.6. The maximum Gasteiger partial charge on any atom is 0.0715 e. The van der Waals surface area contributed by atoms with E-state index in [2.05, 4.69) is 74.5 Å². The first-order valence-corrected chi connectivity index (χ1v) is 9.95. The zero-order valence-corrected chi connectivity index (χ0v) is 16.7. The van der Waals surface area contributed by atoms with Crippen LogP contribution in [0, 0.1) is 13.8 Å². The molecule has 0 spiro atoms. The highest BCUT2D eigenvalue weighted by Crippen LogP contribution is 2.56. The number of rotatable bonds is 2. The summed E-state index contributed by atoms with van der Waals surface area (Å²) in [5, 5.41) is 0. The molecule has 0 aromatic heterocycles. The summed E-state index contributed by atoms with van der Waals surface area (Å²) in [6.45, 7) is 4.30. The van der Waals surface area contributed by atoms with Gasteiger partial charge in [-0.3, -0.25) is 0 Å². The number of anilines is 2. The molecule has 0 heterocycles. The standard InChI is InChI=1S/C27H24N2/c1-17-9-11-23-24-12-10-18(2)14-26(24)27(25(23)13-17,19-5-3-7-21(28)15-19)20-6-4-8-22(29)16-20/h3-16H,28-29H2,1-2H3. The maximum absolute atomic E-state index is 6.27. The van der Waals surface area contributed by atoms with Gasteiger partial charge in [0.15, 0.2) is 0 Å². The average molecular weight is 377 g/mol. The predicted molar refractivity (Wildman–Crippen MR) is 122 cm³/mol. The molecule has 4 aromatic carbocycles. The van der Waals surface area contributed by atoms with Gasteiger partial charge in [0.1, 0.15) is 0 Å². The van der Waals surface area contributed by atoms with Crippen LogP contribution in [0.3, 0.4) is 0 Å². The van der Waals surface area contributed by atoms with E-state index in [0.717, 1.165) is 11.4 Å². The number of hydrogen-bond donors (Lipinski definition) is 2. The Morgan fingerprint density at radius 2 is 1.00 bits per heavy atom. The van der Waals surface area contributed by atoms with Gasteiger partial charge in [-0.25, -0.2) is 0 Å². The van der Waals surface area contributed by atoms with Crippen molar-refractivity contribution in [1.29, 1.82) is 0 Å². The zero-order chi connectivity index (χ0) is 20.2. The molecule has 0 saturated carbocycles. The lowest BCUT2D eigenvalue weighted by Crippen LogP contribution is -2.29. The maximum atomic E-state index is 6.27. The summed E-state index contributed by atoms with van der Waals surface area (Å²) in [5.41, 5.74) is 23.5. The third kappa shape index (κ3) is 2.49. The van der Waals surface area contributed by atoms with Crippen LogP contribution < -0.4 is 11.5 Å². The van der Waals surface area contributed by atoms with Crippen LogP contribution in [-0.4, -0.2) is 0 Å². The lowest BCUT2D eigenvalue weighted by atomic mass is 9.67. The minimum Gasteiger partial charge on any atom is -0.399 e. The second kappa shape index (κ2) is 6.25. The number of nitrogens with two attached hydrogens (primary N) is 2. The van der Waals surface area contributed by atoms with Crippen molar-refractivity contribution in [1.82, 2.24) is 0 Å². The SMILES string of the molecule is Cc1ccc2c(c1)C(c1cccc(N)c1)(c1cccc(N)c1)c1cc(C)ccc1-2. The zero-order valence-electron chi connectivity index (χ0n) is 16.7. The van der Waals surface area contributed by atoms with Crippen LogP contribution in [0.5, 0.6) is 0 Å². The van der Waals surface area contributed by atoms with Crippen molar-refractivity contribution in [2.45, 2.75) is 19.3 Å². The van der Waals surface area contributed by atoms with E-state index in [1.54, 1.807) is 0 Å². The van der Waals surface area contributed by atoms with Crippen LogP contribution in [0.15, 0.2) is 84.9 Å². The molecule has 0 bridgehead atoms. The van der Waals surface area contributed by atoms with Crippen LogP contribution in [0.2, 0.25) is 0 Å². The molecule has 0 radical (unpaired) electrons. The number of aryl methyl sites for hydroxylation is 2. The summed E-state index contributed by atoms with van der Waals surface area (Å²) in [5.74, 6) is 0. The van der Waals surface area contributed by atoms with Crippen molar-refractivity contribution >= 4 is 11.4 Å². The highest BCUT2D eigenvalue weighted by Gasteiger charge is 2.46. The molecular weight excluding hydrogens is 352 g/mol. The molecule has 4 N–H and O–H groups in total. The Hall–Kier alpha value is -3.52. The molecule has 2 heteroatoms. The molecule has 142 valence electrons. The molecule has 5 rings (SSSR count). The Labute approximate surface area is 171 Å². The third-order valence-corrected chi connectivity index (χ3v) is 6.09. The van der Waals surface area contributed by atoms with E-state index in [0.29, 0.717) is 0 Å². The molecule has 4 aromatic rings. The Morgan fingerprint density at radius 3 is 1.41 bits per heavy atom. The molecule has 0 amide bonds. The summed E-state index contributed by atoms with van der Waals surface area (Å²) in [7, 11) is 0.